The van der Waals surface area contributed by atoms with Crippen molar-refractivity contribution in [2.75, 3.05) is 6.61 Å². The SMILES string of the molecule is CCCC(=O)Oc1cccc(OCC(=O)OC(C)(C)C)c1. The second kappa shape index (κ2) is 7.67. The molecule has 5 nitrogen and oxygen atoms in total. The van der Waals surface area contributed by atoms with Gasteiger partial charge in [-0.05, 0) is 39.3 Å². The van der Waals surface area contributed by atoms with Crippen LogP contribution < -0.4 is 9.47 Å². The maximum absolute atomic E-state index is 11.5. The molecule has 1 aromatic carbocycles. The van der Waals surface area contributed by atoms with Crippen LogP contribution in [-0.4, -0.2) is 24.1 Å². The average molecular weight is 294 g/mol. The number of hydrogen-bond donors (Lipinski definition) is 0. The number of ether oxygens (including phenoxy) is 3. The summed E-state index contributed by atoms with van der Waals surface area (Å²) in [6.07, 6.45) is 1.09. The van der Waals surface area contributed by atoms with Crippen LogP contribution in [0.1, 0.15) is 40.5 Å². The second-order valence-corrected chi connectivity index (χ2v) is 5.57. The van der Waals surface area contributed by atoms with Crippen molar-refractivity contribution in [3.63, 3.8) is 0 Å². The Labute approximate surface area is 125 Å². The fourth-order valence-electron chi connectivity index (χ4n) is 1.53. The van der Waals surface area contributed by atoms with Crippen molar-refractivity contribution in [3.8, 4) is 11.5 Å². The molecule has 0 aliphatic carbocycles. The van der Waals surface area contributed by atoms with Crippen molar-refractivity contribution in [3.05, 3.63) is 24.3 Å². The van der Waals surface area contributed by atoms with E-state index in [9.17, 15) is 9.59 Å². The molecule has 0 aliphatic heterocycles. The van der Waals surface area contributed by atoms with E-state index in [1.807, 2.05) is 6.92 Å². The van der Waals surface area contributed by atoms with E-state index in [4.69, 9.17) is 14.2 Å². The zero-order valence-corrected chi connectivity index (χ0v) is 13.0. The van der Waals surface area contributed by atoms with E-state index in [1.165, 1.54) is 0 Å². The monoisotopic (exact) mass is 294 g/mol. The van der Waals surface area contributed by atoms with Gasteiger partial charge in [0.25, 0.3) is 0 Å². The Bertz CT molecular complexity index is 488. The number of hydrogen-bond acceptors (Lipinski definition) is 5. The quantitative estimate of drug-likeness (QED) is 0.596. The minimum Gasteiger partial charge on any atom is -0.482 e. The molecule has 116 valence electrons. The highest BCUT2D eigenvalue weighted by Gasteiger charge is 2.16. The van der Waals surface area contributed by atoms with Crippen LogP contribution in [0.2, 0.25) is 0 Å². The van der Waals surface area contributed by atoms with Crippen LogP contribution >= 0.6 is 0 Å². The molecule has 0 radical (unpaired) electrons. The number of rotatable bonds is 6. The normalized spacial score (nSPS) is 10.9. The number of benzene rings is 1. The molecule has 0 aromatic heterocycles. The lowest BCUT2D eigenvalue weighted by Gasteiger charge is -2.19. The van der Waals surface area contributed by atoms with Crippen molar-refractivity contribution >= 4 is 11.9 Å². The molecule has 0 saturated heterocycles. The summed E-state index contributed by atoms with van der Waals surface area (Å²) < 4.78 is 15.6. The first-order chi connectivity index (χ1) is 9.80. The van der Waals surface area contributed by atoms with Gasteiger partial charge in [-0.25, -0.2) is 4.79 Å². The third kappa shape index (κ3) is 7.34. The van der Waals surface area contributed by atoms with E-state index in [0.717, 1.165) is 6.42 Å². The highest BCUT2D eigenvalue weighted by Crippen LogP contribution is 2.20. The topological polar surface area (TPSA) is 61.8 Å². The van der Waals surface area contributed by atoms with Crippen molar-refractivity contribution in [2.24, 2.45) is 0 Å². The third-order valence-electron chi connectivity index (χ3n) is 2.27. The van der Waals surface area contributed by atoms with Gasteiger partial charge < -0.3 is 14.2 Å². The lowest BCUT2D eigenvalue weighted by atomic mass is 10.2. The summed E-state index contributed by atoms with van der Waals surface area (Å²) in [5.74, 6) is 0.107. The summed E-state index contributed by atoms with van der Waals surface area (Å²) in [4.78, 5) is 23.0. The van der Waals surface area contributed by atoms with E-state index in [2.05, 4.69) is 0 Å². The van der Waals surface area contributed by atoms with E-state index in [1.54, 1.807) is 45.0 Å². The molecule has 0 atom stereocenters. The molecule has 0 saturated carbocycles. The van der Waals surface area contributed by atoms with Crippen LogP contribution in [0.3, 0.4) is 0 Å². The Morgan fingerprint density at radius 2 is 1.76 bits per heavy atom. The predicted octanol–water partition coefficient (Wildman–Crippen LogP) is 3.11. The summed E-state index contributed by atoms with van der Waals surface area (Å²) >= 11 is 0. The van der Waals surface area contributed by atoms with Crippen molar-refractivity contribution in [1.29, 1.82) is 0 Å². The Morgan fingerprint density at radius 3 is 2.38 bits per heavy atom. The lowest BCUT2D eigenvalue weighted by molar-refractivity contribution is -0.157. The fourth-order valence-corrected chi connectivity index (χ4v) is 1.53. The standard InChI is InChI=1S/C16H22O5/c1-5-7-14(17)20-13-9-6-8-12(10-13)19-11-15(18)21-16(2,3)4/h6,8-10H,5,7,11H2,1-4H3. The fraction of sp³-hybridized carbons (Fsp3) is 0.500. The number of carbonyl (C=O) groups is 2. The summed E-state index contributed by atoms with van der Waals surface area (Å²) in [5, 5.41) is 0. The van der Waals surface area contributed by atoms with Crippen LogP contribution in [0.5, 0.6) is 11.5 Å². The maximum Gasteiger partial charge on any atom is 0.344 e. The molecule has 1 rings (SSSR count). The molecular formula is C16H22O5. The smallest absolute Gasteiger partial charge is 0.344 e. The largest absolute Gasteiger partial charge is 0.482 e. The van der Waals surface area contributed by atoms with Gasteiger partial charge in [-0.2, -0.15) is 0 Å². The highest BCUT2D eigenvalue weighted by molar-refractivity contribution is 5.72. The number of esters is 2. The first kappa shape index (κ1) is 17.0. The average Bonchev–Trinajstić information content (AvgIpc) is 2.35. The number of carbonyl (C=O) groups excluding carboxylic acids is 2. The Kier molecular flexibility index (Phi) is 6.21. The van der Waals surface area contributed by atoms with Gasteiger partial charge in [-0.1, -0.05) is 13.0 Å². The molecule has 0 aliphatic rings. The van der Waals surface area contributed by atoms with Crippen molar-refractivity contribution in [1.82, 2.24) is 0 Å². The zero-order chi connectivity index (χ0) is 15.9. The molecule has 0 heterocycles. The van der Waals surface area contributed by atoms with E-state index in [-0.39, 0.29) is 12.6 Å². The van der Waals surface area contributed by atoms with Gasteiger partial charge in [0.2, 0.25) is 0 Å². The Balaban J connectivity index is 2.53. The lowest BCUT2D eigenvalue weighted by Crippen LogP contribution is -2.27. The molecule has 0 amide bonds. The molecule has 0 bridgehead atoms. The van der Waals surface area contributed by atoms with Gasteiger partial charge in [0.15, 0.2) is 6.61 Å². The molecule has 1 aromatic rings. The molecular weight excluding hydrogens is 272 g/mol. The minimum atomic E-state index is -0.544. The van der Waals surface area contributed by atoms with Crippen molar-refractivity contribution in [2.45, 2.75) is 46.1 Å². The zero-order valence-electron chi connectivity index (χ0n) is 13.0. The van der Waals surface area contributed by atoms with Gasteiger partial charge in [0.05, 0.1) is 0 Å². The highest BCUT2D eigenvalue weighted by atomic mass is 16.6. The van der Waals surface area contributed by atoms with E-state index >= 15 is 0 Å². The first-order valence-electron chi connectivity index (χ1n) is 6.95. The first-order valence-corrected chi connectivity index (χ1v) is 6.95. The van der Waals surface area contributed by atoms with Gasteiger partial charge in [0.1, 0.15) is 17.1 Å². The maximum atomic E-state index is 11.5. The Morgan fingerprint density at radius 1 is 1.10 bits per heavy atom. The van der Waals surface area contributed by atoms with E-state index in [0.29, 0.717) is 17.9 Å². The summed E-state index contributed by atoms with van der Waals surface area (Å²) in [7, 11) is 0. The van der Waals surface area contributed by atoms with Gasteiger partial charge in [0, 0.05) is 12.5 Å². The molecule has 21 heavy (non-hydrogen) atoms. The van der Waals surface area contributed by atoms with Crippen LogP contribution in [-0.2, 0) is 14.3 Å². The predicted molar refractivity (Wildman–Crippen MR) is 78.3 cm³/mol. The van der Waals surface area contributed by atoms with Gasteiger partial charge in [-0.15, -0.1) is 0 Å². The van der Waals surface area contributed by atoms with Crippen LogP contribution in [0.25, 0.3) is 0 Å². The molecule has 0 fully saturated rings. The minimum absolute atomic E-state index is 0.191. The van der Waals surface area contributed by atoms with Crippen LogP contribution in [0.4, 0.5) is 0 Å². The van der Waals surface area contributed by atoms with Gasteiger partial charge in [-0.3, -0.25) is 4.79 Å². The molecule has 5 heteroatoms. The summed E-state index contributed by atoms with van der Waals surface area (Å²) in [6, 6.07) is 6.60. The van der Waals surface area contributed by atoms with Gasteiger partial charge >= 0.3 is 11.9 Å². The second-order valence-electron chi connectivity index (χ2n) is 5.57. The Hall–Kier alpha value is -2.04. The summed E-state index contributed by atoms with van der Waals surface area (Å²) in [6.45, 7) is 7.08. The molecule has 0 N–H and O–H groups in total. The van der Waals surface area contributed by atoms with Crippen LogP contribution in [0.15, 0.2) is 24.3 Å². The molecule has 0 spiro atoms. The van der Waals surface area contributed by atoms with Crippen LogP contribution in [0, 0.1) is 0 Å². The molecule has 0 unspecified atom stereocenters. The van der Waals surface area contributed by atoms with Crippen molar-refractivity contribution < 1.29 is 23.8 Å². The summed E-state index contributed by atoms with van der Waals surface area (Å²) in [5.41, 5.74) is -0.544. The van der Waals surface area contributed by atoms with E-state index < -0.39 is 11.6 Å². The third-order valence-corrected chi connectivity index (χ3v) is 2.27.